The lowest BCUT2D eigenvalue weighted by Crippen LogP contribution is -2.35. The van der Waals surface area contributed by atoms with Gasteiger partial charge in [-0.25, -0.2) is 0 Å². The van der Waals surface area contributed by atoms with Crippen LogP contribution in [0.5, 0.6) is 5.75 Å². The summed E-state index contributed by atoms with van der Waals surface area (Å²) in [5.74, 6) is 0.261. The summed E-state index contributed by atoms with van der Waals surface area (Å²) in [4.78, 5) is 12.2. The summed E-state index contributed by atoms with van der Waals surface area (Å²) >= 11 is 0. The monoisotopic (exact) mass is 333 g/mol. The summed E-state index contributed by atoms with van der Waals surface area (Å²) in [5, 5.41) is 15.5. The lowest BCUT2D eigenvalue weighted by Gasteiger charge is -2.26. The number of hydrogen-bond acceptors (Lipinski definition) is 2. The molecule has 0 heterocycles. The number of rotatable bonds is 5. The first-order chi connectivity index (χ1) is 12.0. The molecule has 0 aliphatic rings. The van der Waals surface area contributed by atoms with Crippen molar-refractivity contribution in [1.29, 1.82) is 0 Å². The molecule has 0 radical (unpaired) electrons. The minimum Gasteiger partial charge on any atom is -0.507 e. The van der Waals surface area contributed by atoms with Crippen LogP contribution in [0.25, 0.3) is 10.8 Å². The number of carbonyl (C=O) groups excluding carboxylic acids is 1. The van der Waals surface area contributed by atoms with Gasteiger partial charge in [0, 0.05) is 17.5 Å². The third kappa shape index (κ3) is 4.00. The largest absolute Gasteiger partial charge is 0.507 e. The highest BCUT2D eigenvalue weighted by Crippen LogP contribution is 2.33. The molecule has 0 fully saturated rings. The van der Waals surface area contributed by atoms with Gasteiger partial charge in [0.2, 0.25) is 0 Å². The zero-order chi connectivity index (χ0) is 17.9. The molecule has 3 aromatic carbocycles. The van der Waals surface area contributed by atoms with Crippen LogP contribution in [0, 0.1) is 5.41 Å². The lowest BCUT2D eigenvalue weighted by molar-refractivity contribution is 0.0936. The van der Waals surface area contributed by atoms with Crippen molar-refractivity contribution in [3.8, 4) is 5.75 Å². The molecule has 0 aliphatic carbocycles. The number of carbonyl (C=O) groups is 1. The smallest absolute Gasteiger partial charge is 0.251 e. The molecule has 0 aliphatic heterocycles. The normalized spacial score (nSPS) is 11.4. The second-order valence-corrected chi connectivity index (χ2v) is 7.18. The second-order valence-electron chi connectivity index (χ2n) is 7.18. The topological polar surface area (TPSA) is 49.3 Å². The molecule has 3 heteroatoms. The Kier molecular flexibility index (Phi) is 4.75. The van der Waals surface area contributed by atoms with Crippen LogP contribution < -0.4 is 5.32 Å². The molecule has 0 unspecified atom stereocenters. The fourth-order valence-electron chi connectivity index (χ4n) is 3.03. The first-order valence-corrected chi connectivity index (χ1v) is 8.49. The maximum absolute atomic E-state index is 12.2. The fourth-order valence-corrected chi connectivity index (χ4v) is 3.03. The zero-order valence-electron chi connectivity index (χ0n) is 14.6. The van der Waals surface area contributed by atoms with Gasteiger partial charge in [-0.1, -0.05) is 68.4 Å². The average Bonchev–Trinajstić information content (AvgIpc) is 2.63. The Morgan fingerprint density at radius 1 is 0.960 bits per heavy atom. The first-order valence-electron chi connectivity index (χ1n) is 8.49. The number of aromatic hydroxyl groups is 1. The van der Waals surface area contributed by atoms with Crippen LogP contribution in [-0.2, 0) is 6.42 Å². The molecule has 0 atom stereocenters. The van der Waals surface area contributed by atoms with E-state index < -0.39 is 0 Å². The predicted octanol–water partition coefficient (Wildman–Crippen LogP) is 4.54. The molecule has 0 bridgehead atoms. The molecule has 0 aromatic heterocycles. The van der Waals surface area contributed by atoms with Gasteiger partial charge >= 0.3 is 0 Å². The van der Waals surface area contributed by atoms with Crippen molar-refractivity contribution in [1.82, 2.24) is 5.32 Å². The third-order valence-electron chi connectivity index (χ3n) is 4.42. The number of amides is 1. The third-order valence-corrected chi connectivity index (χ3v) is 4.42. The predicted molar refractivity (Wildman–Crippen MR) is 102 cm³/mol. The highest BCUT2D eigenvalue weighted by atomic mass is 16.3. The van der Waals surface area contributed by atoms with Crippen LogP contribution in [0.4, 0.5) is 0 Å². The molecular weight excluding hydrogens is 310 g/mol. The Bertz CT molecular complexity index is 885. The van der Waals surface area contributed by atoms with Gasteiger partial charge < -0.3 is 10.4 Å². The molecule has 1 amide bonds. The maximum atomic E-state index is 12.2. The van der Waals surface area contributed by atoms with Crippen LogP contribution in [0.2, 0.25) is 0 Å². The Hall–Kier alpha value is -2.81. The zero-order valence-corrected chi connectivity index (χ0v) is 14.6. The maximum Gasteiger partial charge on any atom is 0.251 e. The molecule has 0 saturated carbocycles. The number of phenolic OH excluding ortho intramolecular Hbond substituents is 1. The van der Waals surface area contributed by atoms with Crippen molar-refractivity contribution in [3.63, 3.8) is 0 Å². The number of nitrogens with one attached hydrogen (secondary N) is 1. The number of benzene rings is 3. The van der Waals surface area contributed by atoms with Gasteiger partial charge in [-0.2, -0.15) is 0 Å². The van der Waals surface area contributed by atoms with E-state index in [0.29, 0.717) is 24.3 Å². The molecule has 128 valence electrons. The molecule has 0 spiro atoms. The van der Waals surface area contributed by atoms with E-state index in [4.69, 9.17) is 0 Å². The average molecular weight is 333 g/mol. The van der Waals surface area contributed by atoms with Gasteiger partial charge in [0.25, 0.3) is 5.91 Å². The summed E-state index contributed by atoms with van der Waals surface area (Å²) in [7, 11) is 0. The van der Waals surface area contributed by atoms with Crippen LogP contribution >= 0.6 is 0 Å². The van der Waals surface area contributed by atoms with Crippen LogP contribution in [0.1, 0.15) is 29.8 Å². The van der Waals surface area contributed by atoms with E-state index in [1.807, 2.05) is 54.6 Å². The van der Waals surface area contributed by atoms with Crippen molar-refractivity contribution < 1.29 is 9.90 Å². The van der Waals surface area contributed by atoms with E-state index >= 15 is 0 Å². The van der Waals surface area contributed by atoms with Gasteiger partial charge in [-0.15, -0.1) is 0 Å². The molecule has 3 rings (SSSR count). The van der Waals surface area contributed by atoms with E-state index in [2.05, 4.69) is 19.2 Å². The van der Waals surface area contributed by atoms with Crippen molar-refractivity contribution in [3.05, 3.63) is 77.9 Å². The molecule has 2 N–H and O–H groups in total. The summed E-state index contributed by atoms with van der Waals surface area (Å²) in [5.41, 5.74) is 1.38. The Balaban J connectivity index is 1.71. The quantitative estimate of drug-likeness (QED) is 0.720. The lowest BCUT2D eigenvalue weighted by atomic mass is 9.84. The van der Waals surface area contributed by atoms with Crippen LogP contribution in [0.3, 0.4) is 0 Å². The SMILES string of the molecule is CC(C)(CNC(=O)c1ccccc1)Cc1ccc2ccccc2c1O. The fraction of sp³-hybridized carbons (Fsp3) is 0.227. The summed E-state index contributed by atoms with van der Waals surface area (Å²) < 4.78 is 0. The van der Waals surface area contributed by atoms with E-state index in [9.17, 15) is 9.90 Å². The minimum atomic E-state index is -0.176. The van der Waals surface area contributed by atoms with Crippen molar-refractivity contribution in [2.75, 3.05) is 6.54 Å². The highest BCUT2D eigenvalue weighted by molar-refractivity contribution is 5.94. The molecule has 25 heavy (non-hydrogen) atoms. The minimum absolute atomic E-state index is 0.0728. The van der Waals surface area contributed by atoms with E-state index in [1.54, 1.807) is 12.1 Å². The van der Waals surface area contributed by atoms with Crippen molar-refractivity contribution >= 4 is 16.7 Å². The summed E-state index contributed by atoms with van der Waals surface area (Å²) in [6, 6.07) is 21.0. The van der Waals surface area contributed by atoms with Gasteiger partial charge in [0.1, 0.15) is 5.75 Å². The Morgan fingerprint density at radius 3 is 2.40 bits per heavy atom. The molecule has 3 aromatic rings. The van der Waals surface area contributed by atoms with Gasteiger partial charge in [-0.05, 0) is 34.9 Å². The summed E-state index contributed by atoms with van der Waals surface area (Å²) in [6.45, 7) is 4.72. The highest BCUT2D eigenvalue weighted by Gasteiger charge is 2.22. The number of fused-ring (bicyclic) bond motifs is 1. The van der Waals surface area contributed by atoms with Crippen LogP contribution in [0.15, 0.2) is 66.7 Å². The van der Waals surface area contributed by atoms with Gasteiger partial charge in [-0.3, -0.25) is 4.79 Å². The second kappa shape index (κ2) is 6.98. The van der Waals surface area contributed by atoms with Gasteiger partial charge in [0.15, 0.2) is 0 Å². The van der Waals surface area contributed by atoms with Crippen molar-refractivity contribution in [2.45, 2.75) is 20.3 Å². The Labute approximate surface area is 148 Å². The Morgan fingerprint density at radius 2 is 1.64 bits per heavy atom. The standard InChI is InChI=1S/C22H23NO2/c1-22(2,15-23-21(25)17-9-4-3-5-10-17)14-18-13-12-16-8-6-7-11-19(16)20(18)24/h3-13,24H,14-15H2,1-2H3,(H,23,25). The molecule has 0 saturated heterocycles. The summed E-state index contributed by atoms with van der Waals surface area (Å²) in [6.07, 6.45) is 0.679. The first kappa shape index (κ1) is 17.0. The number of phenols is 1. The van der Waals surface area contributed by atoms with E-state index in [-0.39, 0.29) is 11.3 Å². The molecular formula is C22H23NO2. The number of hydrogen-bond donors (Lipinski definition) is 2. The van der Waals surface area contributed by atoms with E-state index in [1.165, 1.54) is 0 Å². The van der Waals surface area contributed by atoms with Crippen molar-refractivity contribution in [2.24, 2.45) is 5.41 Å². The van der Waals surface area contributed by atoms with Gasteiger partial charge in [0.05, 0.1) is 0 Å². The van der Waals surface area contributed by atoms with E-state index in [0.717, 1.165) is 16.3 Å². The van der Waals surface area contributed by atoms with Crippen LogP contribution in [-0.4, -0.2) is 17.6 Å². The molecule has 3 nitrogen and oxygen atoms in total.